The van der Waals surface area contributed by atoms with Gasteiger partial charge in [0.15, 0.2) is 9.84 Å². The molecule has 4 nitrogen and oxygen atoms in total. The second-order valence-electron chi connectivity index (χ2n) is 6.93. The molecule has 0 aromatic rings. The van der Waals surface area contributed by atoms with E-state index in [1.54, 1.807) is 6.92 Å². The van der Waals surface area contributed by atoms with Gasteiger partial charge in [-0.1, -0.05) is 19.8 Å². The van der Waals surface area contributed by atoms with Gasteiger partial charge >= 0.3 is 0 Å². The Bertz CT molecular complexity index is 456. The smallest absolute Gasteiger partial charge is 0.151 e. The third-order valence-electron chi connectivity index (χ3n) is 5.69. The second kappa shape index (κ2) is 5.25. The Kier molecular flexibility index (Phi) is 3.89. The zero-order chi connectivity index (χ0) is 14.4. The van der Waals surface area contributed by atoms with E-state index in [1.165, 1.54) is 25.7 Å². The van der Waals surface area contributed by atoms with Crippen LogP contribution in [0.1, 0.15) is 46.0 Å². The van der Waals surface area contributed by atoms with Crippen molar-refractivity contribution in [2.24, 2.45) is 11.3 Å². The van der Waals surface area contributed by atoms with Gasteiger partial charge in [-0.05, 0) is 26.2 Å². The second-order valence-corrected chi connectivity index (χ2v) is 9.33. The molecule has 0 radical (unpaired) electrons. The molecule has 2 aliphatic carbocycles. The minimum atomic E-state index is -2.90. The van der Waals surface area contributed by atoms with Crippen LogP contribution in [-0.4, -0.2) is 44.7 Å². The lowest BCUT2D eigenvalue weighted by Crippen LogP contribution is -2.69. The quantitative estimate of drug-likeness (QED) is 0.840. The van der Waals surface area contributed by atoms with Crippen molar-refractivity contribution < 1.29 is 13.2 Å². The molecule has 4 atom stereocenters. The van der Waals surface area contributed by atoms with E-state index in [-0.39, 0.29) is 17.5 Å². The summed E-state index contributed by atoms with van der Waals surface area (Å²) in [6.07, 6.45) is 6.67. The normalized spacial score (nSPS) is 36.8. The zero-order valence-corrected chi connectivity index (χ0v) is 13.4. The Morgan fingerprint density at radius 3 is 2.70 bits per heavy atom. The number of fused-ring (bicyclic) bond motifs is 2. The molecule has 116 valence electrons. The molecule has 2 saturated carbocycles. The van der Waals surface area contributed by atoms with Gasteiger partial charge in [0.1, 0.15) is 0 Å². The first-order valence-electron chi connectivity index (χ1n) is 8.06. The van der Waals surface area contributed by atoms with Crippen molar-refractivity contribution in [1.82, 2.24) is 5.32 Å². The maximum absolute atomic E-state index is 11.8. The fourth-order valence-electron chi connectivity index (χ4n) is 4.80. The fraction of sp³-hybridized carbons (Fsp3) is 1.00. The van der Waals surface area contributed by atoms with E-state index in [1.807, 2.05) is 6.92 Å². The van der Waals surface area contributed by atoms with Crippen LogP contribution in [0.15, 0.2) is 0 Å². The van der Waals surface area contributed by atoms with Crippen molar-refractivity contribution in [1.29, 1.82) is 0 Å². The number of nitrogens with one attached hydrogen (secondary N) is 1. The molecular weight excluding hydrogens is 274 g/mol. The summed E-state index contributed by atoms with van der Waals surface area (Å²) >= 11 is 0. The van der Waals surface area contributed by atoms with Gasteiger partial charge in [-0.15, -0.1) is 0 Å². The lowest BCUT2D eigenvalue weighted by molar-refractivity contribution is -0.132. The molecule has 3 fully saturated rings. The van der Waals surface area contributed by atoms with E-state index in [0.717, 1.165) is 13.0 Å². The van der Waals surface area contributed by atoms with Gasteiger partial charge in [-0.25, -0.2) is 8.42 Å². The van der Waals surface area contributed by atoms with Crippen molar-refractivity contribution in [3.8, 4) is 0 Å². The average molecular weight is 301 g/mol. The Morgan fingerprint density at radius 2 is 2.05 bits per heavy atom. The largest absolute Gasteiger partial charge is 0.377 e. The van der Waals surface area contributed by atoms with E-state index in [9.17, 15) is 8.42 Å². The van der Waals surface area contributed by atoms with Crippen LogP contribution in [0.2, 0.25) is 0 Å². The lowest BCUT2D eigenvalue weighted by atomic mass is 9.54. The number of hydrogen-bond acceptors (Lipinski definition) is 4. The van der Waals surface area contributed by atoms with Crippen LogP contribution in [0.3, 0.4) is 0 Å². The predicted molar refractivity (Wildman–Crippen MR) is 79.5 cm³/mol. The summed E-state index contributed by atoms with van der Waals surface area (Å²) in [5.41, 5.74) is 0.311. The van der Waals surface area contributed by atoms with E-state index in [0.29, 0.717) is 23.5 Å². The van der Waals surface area contributed by atoms with Gasteiger partial charge in [0, 0.05) is 35.8 Å². The molecular formula is C15H27NO3S. The molecule has 0 bridgehead atoms. The first-order chi connectivity index (χ1) is 9.48. The molecule has 5 heteroatoms. The van der Waals surface area contributed by atoms with Crippen LogP contribution in [0, 0.1) is 11.3 Å². The number of sulfone groups is 1. The van der Waals surface area contributed by atoms with Crippen LogP contribution in [0.4, 0.5) is 0 Å². The van der Waals surface area contributed by atoms with Crippen LogP contribution < -0.4 is 5.32 Å². The Hall–Kier alpha value is -0.130. The van der Waals surface area contributed by atoms with E-state index in [2.05, 4.69) is 5.32 Å². The lowest BCUT2D eigenvalue weighted by Gasteiger charge is -2.57. The molecule has 1 aliphatic heterocycles. The maximum Gasteiger partial charge on any atom is 0.151 e. The van der Waals surface area contributed by atoms with E-state index < -0.39 is 9.84 Å². The number of hydrogen-bond donors (Lipinski definition) is 1. The highest BCUT2D eigenvalue weighted by Crippen LogP contribution is 2.60. The van der Waals surface area contributed by atoms with Crippen molar-refractivity contribution in [3.63, 3.8) is 0 Å². The van der Waals surface area contributed by atoms with Crippen LogP contribution in [0.5, 0.6) is 0 Å². The molecule has 0 unspecified atom stereocenters. The first kappa shape index (κ1) is 14.8. The average Bonchev–Trinajstić information content (AvgIpc) is 3.03. The maximum atomic E-state index is 11.8. The molecule has 1 spiro atoms. The Labute approximate surface area is 122 Å². The highest BCUT2D eigenvalue weighted by Gasteiger charge is 2.64. The van der Waals surface area contributed by atoms with Gasteiger partial charge in [0.05, 0.1) is 11.9 Å². The standard InChI is InChI=1S/C15H27NO3S/c1-3-20(17,18)10-11(2)16-13-12-6-9-19-14(12)15(13)7-4-5-8-15/h11-14,16H,3-10H2,1-2H3/t11-,12-,13+,14-/m0/s1. The van der Waals surface area contributed by atoms with Gasteiger partial charge in [0.2, 0.25) is 0 Å². The van der Waals surface area contributed by atoms with Crippen molar-refractivity contribution in [2.45, 2.75) is 64.1 Å². The molecule has 0 aromatic heterocycles. The summed E-state index contributed by atoms with van der Waals surface area (Å²) in [7, 11) is -2.90. The summed E-state index contributed by atoms with van der Waals surface area (Å²) in [6.45, 7) is 4.63. The molecule has 1 saturated heterocycles. The van der Waals surface area contributed by atoms with Crippen molar-refractivity contribution >= 4 is 9.84 Å². The predicted octanol–water partition coefficient (Wildman–Crippen LogP) is 1.75. The van der Waals surface area contributed by atoms with E-state index in [4.69, 9.17) is 4.74 Å². The number of rotatable bonds is 5. The first-order valence-corrected chi connectivity index (χ1v) is 9.89. The minimum absolute atomic E-state index is 0.0453. The highest BCUT2D eigenvalue weighted by atomic mass is 32.2. The summed E-state index contributed by atoms with van der Waals surface area (Å²) in [5.74, 6) is 1.11. The molecule has 3 rings (SSSR count). The molecule has 20 heavy (non-hydrogen) atoms. The van der Waals surface area contributed by atoms with Crippen molar-refractivity contribution in [2.75, 3.05) is 18.1 Å². The molecule has 0 aromatic carbocycles. The zero-order valence-electron chi connectivity index (χ0n) is 12.6. The highest BCUT2D eigenvalue weighted by molar-refractivity contribution is 7.91. The SMILES string of the molecule is CCS(=O)(=O)C[C@H](C)N[C@@H]1[C@@H]2CCO[C@@H]2C12CCCC2. The third kappa shape index (κ3) is 2.32. The van der Waals surface area contributed by atoms with Gasteiger partial charge in [-0.3, -0.25) is 0 Å². The van der Waals surface area contributed by atoms with Gasteiger partial charge < -0.3 is 10.1 Å². The summed E-state index contributed by atoms with van der Waals surface area (Å²) in [6, 6.07) is 0.517. The summed E-state index contributed by atoms with van der Waals surface area (Å²) < 4.78 is 29.5. The Balaban J connectivity index is 1.67. The van der Waals surface area contributed by atoms with Crippen molar-refractivity contribution in [3.05, 3.63) is 0 Å². The van der Waals surface area contributed by atoms with Crippen LogP contribution >= 0.6 is 0 Å². The Morgan fingerprint density at radius 1 is 1.35 bits per heavy atom. The minimum Gasteiger partial charge on any atom is -0.377 e. The molecule has 1 N–H and O–H groups in total. The summed E-state index contributed by atoms with van der Waals surface area (Å²) in [4.78, 5) is 0. The molecule has 0 amide bonds. The number of ether oxygens (including phenoxy) is 1. The van der Waals surface area contributed by atoms with Gasteiger partial charge in [-0.2, -0.15) is 0 Å². The topological polar surface area (TPSA) is 55.4 Å². The summed E-state index contributed by atoms with van der Waals surface area (Å²) in [5, 5.41) is 3.65. The molecule has 1 heterocycles. The van der Waals surface area contributed by atoms with Crippen LogP contribution in [0.25, 0.3) is 0 Å². The third-order valence-corrected chi connectivity index (χ3v) is 7.58. The molecule has 3 aliphatic rings. The monoisotopic (exact) mass is 301 g/mol. The van der Waals surface area contributed by atoms with Crippen LogP contribution in [-0.2, 0) is 14.6 Å². The van der Waals surface area contributed by atoms with E-state index >= 15 is 0 Å². The van der Waals surface area contributed by atoms with Gasteiger partial charge in [0.25, 0.3) is 0 Å². The fourth-order valence-corrected chi connectivity index (χ4v) is 5.89.